The van der Waals surface area contributed by atoms with Gasteiger partial charge in [0.15, 0.2) is 0 Å². The maximum absolute atomic E-state index is 12.0. The quantitative estimate of drug-likeness (QED) is 0.762. The van der Waals surface area contributed by atoms with E-state index in [-0.39, 0.29) is 11.9 Å². The molecule has 100 valence electrons. The molecule has 0 fully saturated rings. The van der Waals surface area contributed by atoms with Crippen LogP contribution in [0.5, 0.6) is 0 Å². The summed E-state index contributed by atoms with van der Waals surface area (Å²) in [5.41, 5.74) is 1.02. The van der Waals surface area contributed by atoms with Crippen LogP contribution in [0.25, 0.3) is 0 Å². The van der Waals surface area contributed by atoms with Gasteiger partial charge >= 0.3 is 0 Å². The number of aromatic nitrogens is 1. The normalized spacial score (nSPS) is 12.9. The van der Waals surface area contributed by atoms with Crippen LogP contribution in [-0.4, -0.2) is 22.8 Å². The molecule has 1 atom stereocenters. The lowest BCUT2D eigenvalue weighted by atomic mass is 10.2. The van der Waals surface area contributed by atoms with E-state index in [9.17, 15) is 4.79 Å². The van der Waals surface area contributed by atoms with Crippen LogP contribution < -0.4 is 0 Å². The molecule has 1 amide bonds. The van der Waals surface area contributed by atoms with E-state index in [4.69, 9.17) is 0 Å². The van der Waals surface area contributed by atoms with Gasteiger partial charge < -0.3 is 4.90 Å². The highest BCUT2D eigenvalue weighted by atomic mass is 32.1. The van der Waals surface area contributed by atoms with Crippen molar-refractivity contribution in [2.75, 3.05) is 7.05 Å². The van der Waals surface area contributed by atoms with Crippen LogP contribution in [0.15, 0.2) is 12.2 Å². The van der Waals surface area contributed by atoms with E-state index in [0.717, 1.165) is 17.1 Å². The maximum atomic E-state index is 12.0. The van der Waals surface area contributed by atoms with Crippen molar-refractivity contribution in [2.45, 2.75) is 46.6 Å². The van der Waals surface area contributed by atoms with Crippen molar-refractivity contribution in [3.05, 3.63) is 27.7 Å². The molecular formula is C14H22N2OS. The first-order valence-electron chi connectivity index (χ1n) is 6.32. The molecular weight excluding hydrogens is 244 g/mol. The number of amides is 1. The Labute approximate surface area is 114 Å². The monoisotopic (exact) mass is 266 g/mol. The van der Waals surface area contributed by atoms with Gasteiger partial charge in [-0.15, -0.1) is 11.3 Å². The SMILES string of the molecule is CCC=CCC(=O)N(C)C(C)c1nc(C)sc1C. The van der Waals surface area contributed by atoms with E-state index in [1.54, 1.807) is 16.2 Å². The number of hydrogen-bond acceptors (Lipinski definition) is 3. The van der Waals surface area contributed by atoms with Gasteiger partial charge in [-0.3, -0.25) is 4.79 Å². The van der Waals surface area contributed by atoms with Gasteiger partial charge in [0.1, 0.15) is 0 Å². The van der Waals surface area contributed by atoms with Gasteiger partial charge in [-0.05, 0) is 27.2 Å². The minimum absolute atomic E-state index is 0.0393. The number of aryl methyl sites for hydroxylation is 2. The molecule has 0 aliphatic carbocycles. The first-order chi connectivity index (χ1) is 8.47. The topological polar surface area (TPSA) is 33.2 Å². The molecule has 3 nitrogen and oxygen atoms in total. The maximum Gasteiger partial charge on any atom is 0.226 e. The van der Waals surface area contributed by atoms with Crippen molar-refractivity contribution in [3.63, 3.8) is 0 Å². The lowest BCUT2D eigenvalue weighted by Crippen LogP contribution is -2.29. The van der Waals surface area contributed by atoms with Gasteiger partial charge in [-0.2, -0.15) is 0 Å². The zero-order valence-corrected chi connectivity index (χ0v) is 12.7. The summed E-state index contributed by atoms with van der Waals surface area (Å²) in [4.78, 5) is 19.5. The average Bonchev–Trinajstić information content (AvgIpc) is 2.66. The number of carbonyl (C=O) groups is 1. The summed E-state index contributed by atoms with van der Waals surface area (Å²) >= 11 is 1.69. The third kappa shape index (κ3) is 3.67. The fourth-order valence-electron chi connectivity index (χ4n) is 1.83. The van der Waals surface area contributed by atoms with Crippen LogP contribution in [0.4, 0.5) is 0 Å². The Bertz CT molecular complexity index is 437. The van der Waals surface area contributed by atoms with Crippen molar-refractivity contribution < 1.29 is 4.79 Å². The summed E-state index contributed by atoms with van der Waals surface area (Å²) in [7, 11) is 1.85. The molecule has 1 aromatic heterocycles. The summed E-state index contributed by atoms with van der Waals surface area (Å²) < 4.78 is 0. The predicted molar refractivity (Wildman–Crippen MR) is 76.8 cm³/mol. The summed E-state index contributed by atoms with van der Waals surface area (Å²) in [6, 6.07) is 0.0393. The number of nitrogens with zero attached hydrogens (tertiary/aromatic N) is 2. The highest BCUT2D eigenvalue weighted by Crippen LogP contribution is 2.26. The predicted octanol–water partition coefficient (Wildman–Crippen LogP) is 3.64. The van der Waals surface area contributed by atoms with E-state index in [1.165, 1.54) is 4.88 Å². The number of allylic oxidation sites excluding steroid dienone is 1. The summed E-state index contributed by atoms with van der Waals surface area (Å²) in [6.07, 6.45) is 5.40. The van der Waals surface area contributed by atoms with Crippen molar-refractivity contribution in [1.82, 2.24) is 9.88 Å². The Morgan fingerprint density at radius 1 is 1.44 bits per heavy atom. The van der Waals surface area contributed by atoms with Crippen molar-refractivity contribution >= 4 is 17.2 Å². The van der Waals surface area contributed by atoms with E-state index < -0.39 is 0 Å². The van der Waals surface area contributed by atoms with Gasteiger partial charge in [0.25, 0.3) is 0 Å². The average molecular weight is 266 g/mol. The largest absolute Gasteiger partial charge is 0.337 e. The van der Waals surface area contributed by atoms with E-state index in [1.807, 2.05) is 33.0 Å². The lowest BCUT2D eigenvalue weighted by molar-refractivity contribution is -0.130. The molecule has 0 saturated heterocycles. The van der Waals surface area contributed by atoms with Crippen LogP contribution in [0.2, 0.25) is 0 Å². The fourth-order valence-corrected chi connectivity index (χ4v) is 2.73. The molecule has 0 spiro atoms. The zero-order valence-electron chi connectivity index (χ0n) is 11.9. The zero-order chi connectivity index (χ0) is 13.7. The van der Waals surface area contributed by atoms with Crippen LogP contribution in [0.1, 0.15) is 48.3 Å². The smallest absolute Gasteiger partial charge is 0.226 e. The molecule has 0 bridgehead atoms. The van der Waals surface area contributed by atoms with Crippen LogP contribution in [0, 0.1) is 13.8 Å². The van der Waals surface area contributed by atoms with E-state index in [0.29, 0.717) is 6.42 Å². The molecule has 4 heteroatoms. The molecule has 0 aliphatic rings. The number of carbonyl (C=O) groups excluding carboxylic acids is 1. The Morgan fingerprint density at radius 3 is 2.61 bits per heavy atom. The molecule has 1 aromatic rings. The second-order valence-electron chi connectivity index (χ2n) is 4.44. The van der Waals surface area contributed by atoms with Crippen molar-refractivity contribution in [2.24, 2.45) is 0 Å². The van der Waals surface area contributed by atoms with Gasteiger partial charge in [0, 0.05) is 18.3 Å². The first-order valence-corrected chi connectivity index (χ1v) is 7.13. The van der Waals surface area contributed by atoms with Gasteiger partial charge in [-0.1, -0.05) is 19.1 Å². The fraction of sp³-hybridized carbons (Fsp3) is 0.571. The minimum atomic E-state index is 0.0393. The van der Waals surface area contributed by atoms with Crippen LogP contribution in [-0.2, 0) is 4.79 Å². The van der Waals surface area contributed by atoms with Gasteiger partial charge in [0.2, 0.25) is 5.91 Å². The molecule has 0 radical (unpaired) electrons. The highest BCUT2D eigenvalue weighted by molar-refractivity contribution is 7.11. The van der Waals surface area contributed by atoms with Gasteiger partial charge in [0.05, 0.1) is 16.7 Å². The van der Waals surface area contributed by atoms with Crippen LogP contribution >= 0.6 is 11.3 Å². The van der Waals surface area contributed by atoms with Crippen molar-refractivity contribution in [1.29, 1.82) is 0 Å². The molecule has 1 rings (SSSR count). The third-order valence-electron chi connectivity index (χ3n) is 3.00. The summed E-state index contributed by atoms with van der Waals surface area (Å²) in [5.74, 6) is 0.136. The minimum Gasteiger partial charge on any atom is -0.337 e. The Kier molecular flexibility index (Phi) is 5.54. The standard InChI is InChI=1S/C14H22N2OS/c1-6-7-8-9-13(17)16(5)10(2)14-11(3)18-12(4)15-14/h7-8,10H,6,9H2,1-5H3. The summed E-state index contributed by atoms with van der Waals surface area (Å²) in [5, 5.41) is 1.06. The second kappa shape index (κ2) is 6.69. The molecule has 0 saturated carbocycles. The van der Waals surface area contributed by atoms with Gasteiger partial charge in [-0.25, -0.2) is 4.98 Å². The second-order valence-corrected chi connectivity index (χ2v) is 5.85. The Balaban J connectivity index is 2.71. The number of thiazole rings is 1. The Hall–Kier alpha value is -1.16. The third-order valence-corrected chi connectivity index (χ3v) is 3.91. The highest BCUT2D eigenvalue weighted by Gasteiger charge is 2.20. The lowest BCUT2D eigenvalue weighted by Gasteiger charge is -2.23. The molecule has 18 heavy (non-hydrogen) atoms. The molecule has 0 aliphatic heterocycles. The Morgan fingerprint density at radius 2 is 2.11 bits per heavy atom. The molecule has 0 aromatic carbocycles. The molecule has 0 N–H and O–H groups in total. The van der Waals surface area contributed by atoms with E-state index in [2.05, 4.69) is 18.8 Å². The summed E-state index contributed by atoms with van der Waals surface area (Å²) in [6.45, 7) is 8.16. The van der Waals surface area contributed by atoms with Crippen LogP contribution in [0.3, 0.4) is 0 Å². The molecule has 1 unspecified atom stereocenters. The van der Waals surface area contributed by atoms with Crippen molar-refractivity contribution in [3.8, 4) is 0 Å². The number of rotatable bonds is 5. The molecule has 1 heterocycles. The number of hydrogen-bond donors (Lipinski definition) is 0. The van der Waals surface area contributed by atoms with E-state index >= 15 is 0 Å². The first kappa shape index (κ1) is 14.9.